The van der Waals surface area contributed by atoms with Crippen LogP contribution in [0.5, 0.6) is 0 Å². The number of halogens is 9. The van der Waals surface area contributed by atoms with Gasteiger partial charge in [-0.05, 0) is 38.9 Å². The Kier molecular flexibility index (Phi) is 12.6. The summed E-state index contributed by atoms with van der Waals surface area (Å²) >= 11 is 0. The number of furan rings is 1. The number of imidazole rings is 1. The van der Waals surface area contributed by atoms with Crippen LogP contribution in [0.4, 0.5) is 39.5 Å². The molecular weight excluding hydrogens is 615 g/mol. The van der Waals surface area contributed by atoms with Crippen molar-refractivity contribution in [2.45, 2.75) is 56.9 Å². The predicted octanol–water partition coefficient (Wildman–Crippen LogP) is 4.12. The van der Waals surface area contributed by atoms with Crippen LogP contribution in [0.1, 0.15) is 30.1 Å². The van der Waals surface area contributed by atoms with E-state index >= 15 is 0 Å². The van der Waals surface area contributed by atoms with Gasteiger partial charge in [0.15, 0.2) is 0 Å². The molecule has 1 saturated heterocycles. The molecule has 0 aliphatic carbocycles. The van der Waals surface area contributed by atoms with Crippen molar-refractivity contribution < 1.29 is 73.6 Å². The van der Waals surface area contributed by atoms with Crippen molar-refractivity contribution in [3.05, 3.63) is 41.9 Å². The van der Waals surface area contributed by atoms with Crippen LogP contribution in [0, 0.1) is 6.92 Å². The summed E-state index contributed by atoms with van der Waals surface area (Å²) in [5, 5.41) is 21.4. The number of hydrogen-bond acceptors (Lipinski definition) is 7. The molecule has 0 bridgehead atoms. The summed E-state index contributed by atoms with van der Waals surface area (Å²) in [6.07, 6.45) is -9.18. The number of aromatic nitrogens is 2. The number of piperidine rings is 1. The van der Waals surface area contributed by atoms with Crippen molar-refractivity contribution in [1.82, 2.24) is 19.4 Å². The highest BCUT2D eigenvalue weighted by Crippen LogP contribution is 2.40. The summed E-state index contributed by atoms with van der Waals surface area (Å²) in [6.45, 7) is 7.45. The first-order valence-corrected chi connectivity index (χ1v) is 11.9. The van der Waals surface area contributed by atoms with Gasteiger partial charge in [0, 0.05) is 38.1 Å². The summed E-state index contributed by atoms with van der Waals surface area (Å²) in [5.41, 5.74) is 1.41. The number of fused-ring (bicyclic) bond motifs is 2. The number of aliphatic carboxylic acids is 3. The van der Waals surface area contributed by atoms with Crippen molar-refractivity contribution in [2.75, 3.05) is 26.7 Å². The Hall–Kier alpha value is -3.81. The van der Waals surface area contributed by atoms with Gasteiger partial charge >= 0.3 is 36.4 Å². The van der Waals surface area contributed by atoms with Gasteiger partial charge in [-0.1, -0.05) is 0 Å². The molecule has 11 nitrogen and oxygen atoms in total. The molecule has 1 spiro atoms. The third-order valence-corrected chi connectivity index (χ3v) is 6.23. The van der Waals surface area contributed by atoms with Crippen molar-refractivity contribution >= 4 is 17.9 Å². The Labute approximate surface area is 237 Å². The van der Waals surface area contributed by atoms with E-state index in [1.165, 1.54) is 11.5 Å². The third kappa shape index (κ3) is 11.1. The number of carboxylic acid groups (broad SMARTS) is 3. The second-order valence-corrected chi connectivity index (χ2v) is 9.09. The molecule has 0 atom stereocenters. The van der Waals surface area contributed by atoms with Gasteiger partial charge in [0.2, 0.25) is 0 Å². The molecule has 4 heterocycles. The van der Waals surface area contributed by atoms with Gasteiger partial charge in [-0.3, -0.25) is 9.80 Å². The lowest BCUT2D eigenvalue weighted by atomic mass is 9.83. The van der Waals surface area contributed by atoms with Gasteiger partial charge in [-0.15, -0.1) is 0 Å². The van der Waals surface area contributed by atoms with Crippen LogP contribution in [0.15, 0.2) is 29.0 Å². The maximum Gasteiger partial charge on any atom is 0.490 e. The average Bonchev–Trinajstić information content (AvgIpc) is 3.52. The van der Waals surface area contributed by atoms with Crippen LogP contribution in [0.2, 0.25) is 0 Å². The van der Waals surface area contributed by atoms with Crippen molar-refractivity contribution in [1.29, 1.82) is 0 Å². The number of rotatable bonds is 2. The molecule has 2 aliphatic rings. The molecule has 43 heavy (non-hydrogen) atoms. The van der Waals surface area contributed by atoms with Crippen LogP contribution >= 0.6 is 0 Å². The normalized spacial score (nSPS) is 16.8. The quantitative estimate of drug-likeness (QED) is 0.409. The fraction of sp³-hybridized carbons (Fsp3) is 0.565. The molecule has 244 valence electrons. The van der Waals surface area contributed by atoms with E-state index in [1.807, 2.05) is 12.3 Å². The van der Waals surface area contributed by atoms with Gasteiger partial charge in [-0.25, -0.2) is 19.4 Å². The highest BCUT2D eigenvalue weighted by Gasteiger charge is 2.45. The number of alkyl halides is 9. The number of likely N-dealkylation sites (N-methyl/N-ethyl adjacent to an activating group) is 1. The second-order valence-electron chi connectivity index (χ2n) is 9.09. The third-order valence-electron chi connectivity index (χ3n) is 6.23. The molecular formula is C23H27F9N4O7. The molecule has 1 fully saturated rings. The SMILES string of the molecule is Cc1cnc2n1CCN(C)C21CCN(Cc2ccco2)CC1.O=C(O)C(F)(F)F.O=C(O)C(F)(F)F.O=C(O)C(F)(F)F. The summed E-state index contributed by atoms with van der Waals surface area (Å²) in [4.78, 5) is 36.5. The van der Waals surface area contributed by atoms with E-state index < -0.39 is 36.4 Å². The van der Waals surface area contributed by atoms with E-state index in [9.17, 15) is 39.5 Å². The molecule has 2 aromatic heterocycles. The Morgan fingerprint density at radius 3 is 1.67 bits per heavy atom. The van der Waals surface area contributed by atoms with Crippen LogP contribution in [-0.2, 0) is 33.0 Å². The molecule has 3 N–H and O–H groups in total. The number of nitrogens with zero attached hydrogens (tertiary/aromatic N) is 4. The van der Waals surface area contributed by atoms with Gasteiger partial charge in [0.25, 0.3) is 0 Å². The van der Waals surface area contributed by atoms with Gasteiger partial charge in [-0.2, -0.15) is 39.5 Å². The molecule has 0 radical (unpaired) electrons. The first-order valence-electron chi connectivity index (χ1n) is 11.9. The van der Waals surface area contributed by atoms with E-state index in [0.717, 1.165) is 51.3 Å². The smallest absolute Gasteiger partial charge is 0.475 e. The molecule has 4 rings (SSSR count). The zero-order valence-electron chi connectivity index (χ0n) is 22.4. The highest BCUT2D eigenvalue weighted by atomic mass is 19.4. The molecule has 0 aromatic carbocycles. The first-order chi connectivity index (χ1) is 19.5. The van der Waals surface area contributed by atoms with Gasteiger partial charge in [0.05, 0.1) is 18.3 Å². The number of hydrogen-bond donors (Lipinski definition) is 3. The summed E-state index contributed by atoms with van der Waals surface area (Å²) in [6, 6.07) is 4.03. The Morgan fingerprint density at radius 2 is 1.30 bits per heavy atom. The monoisotopic (exact) mass is 642 g/mol. The lowest BCUT2D eigenvalue weighted by Gasteiger charge is -2.49. The highest BCUT2D eigenvalue weighted by molar-refractivity contribution is 5.73. The second kappa shape index (κ2) is 14.6. The fourth-order valence-electron chi connectivity index (χ4n) is 4.06. The molecule has 20 heteroatoms. The number of aryl methyl sites for hydroxylation is 1. The maximum atomic E-state index is 10.6. The van der Waals surface area contributed by atoms with Gasteiger partial charge in [0.1, 0.15) is 11.6 Å². The topological polar surface area (TPSA) is 149 Å². The van der Waals surface area contributed by atoms with E-state index in [0.29, 0.717) is 0 Å². The van der Waals surface area contributed by atoms with E-state index in [2.05, 4.69) is 34.4 Å². The largest absolute Gasteiger partial charge is 0.490 e. The Morgan fingerprint density at radius 1 is 0.860 bits per heavy atom. The zero-order valence-corrected chi connectivity index (χ0v) is 22.4. The van der Waals surface area contributed by atoms with E-state index in [4.69, 9.17) is 39.1 Å². The van der Waals surface area contributed by atoms with Crippen LogP contribution in [-0.4, -0.2) is 97.8 Å². The minimum absolute atomic E-state index is 0.117. The van der Waals surface area contributed by atoms with Crippen molar-refractivity contribution in [3.8, 4) is 0 Å². The molecule has 0 amide bonds. The summed E-state index contributed by atoms with van der Waals surface area (Å²) in [5.74, 6) is -5.94. The summed E-state index contributed by atoms with van der Waals surface area (Å²) in [7, 11) is 2.26. The summed E-state index contributed by atoms with van der Waals surface area (Å²) < 4.78 is 103. The Bertz CT molecular complexity index is 1140. The van der Waals surface area contributed by atoms with E-state index in [-0.39, 0.29) is 5.54 Å². The van der Waals surface area contributed by atoms with Crippen LogP contribution in [0.25, 0.3) is 0 Å². The lowest BCUT2D eigenvalue weighted by Crippen LogP contribution is -2.56. The minimum atomic E-state index is -5.08. The van der Waals surface area contributed by atoms with E-state index in [1.54, 1.807) is 6.26 Å². The number of carbonyl (C=O) groups is 3. The van der Waals surface area contributed by atoms with Crippen LogP contribution < -0.4 is 0 Å². The average molecular weight is 642 g/mol. The Balaban J connectivity index is 0.000000363. The fourth-order valence-corrected chi connectivity index (χ4v) is 4.06. The van der Waals surface area contributed by atoms with Crippen LogP contribution in [0.3, 0.4) is 0 Å². The lowest BCUT2D eigenvalue weighted by molar-refractivity contribution is -0.193. The molecule has 2 aromatic rings. The standard InChI is InChI=1S/C17H24N4O.3C2HF3O2/c1-14-12-18-16-17(19(2)9-10-21(14)16)5-7-20(8-6-17)13-15-4-3-11-22-15;3*3-2(4,5)1(6)7/h3-4,11-12H,5-10,13H2,1-2H3;3*(H,6,7). The van der Waals surface area contributed by atoms with Gasteiger partial charge < -0.3 is 24.3 Å². The molecule has 2 aliphatic heterocycles. The minimum Gasteiger partial charge on any atom is -0.475 e. The predicted molar refractivity (Wildman–Crippen MR) is 126 cm³/mol. The van der Waals surface area contributed by atoms with Crippen molar-refractivity contribution in [2.24, 2.45) is 0 Å². The zero-order chi connectivity index (χ0) is 33.4. The number of likely N-dealkylation sites (tertiary alicyclic amines) is 1. The number of carboxylic acids is 3. The van der Waals surface area contributed by atoms with Crippen molar-refractivity contribution in [3.63, 3.8) is 0 Å². The maximum absolute atomic E-state index is 10.6. The molecule has 0 unspecified atom stereocenters. The molecule has 0 saturated carbocycles. The first kappa shape index (κ1) is 37.2.